The Labute approximate surface area is 118 Å². The molecular weight excluding hydrogens is 278 g/mol. The summed E-state index contributed by atoms with van der Waals surface area (Å²) < 4.78 is 15.7. The van der Waals surface area contributed by atoms with E-state index in [4.69, 9.17) is 13.9 Å². The highest BCUT2D eigenvalue weighted by Gasteiger charge is 2.21. The molecule has 3 aromatic rings. The van der Waals surface area contributed by atoms with Crippen LogP contribution in [0.2, 0.25) is 0 Å². The van der Waals surface area contributed by atoms with Crippen molar-refractivity contribution in [1.82, 2.24) is 20.6 Å². The van der Waals surface area contributed by atoms with Gasteiger partial charge in [0.1, 0.15) is 5.75 Å². The molecule has 0 spiro atoms. The average molecular weight is 289 g/mol. The number of carbonyl (C=O) groups excluding carboxylic acids is 1. The van der Waals surface area contributed by atoms with E-state index in [0.717, 1.165) is 0 Å². The number of hydrogen-bond donors (Lipinski definition) is 2. The van der Waals surface area contributed by atoms with Crippen molar-refractivity contribution in [3.05, 3.63) is 24.0 Å². The van der Waals surface area contributed by atoms with Gasteiger partial charge >= 0.3 is 0 Å². The third-order valence-corrected chi connectivity index (χ3v) is 2.85. The first kappa shape index (κ1) is 12.9. The molecule has 0 saturated carbocycles. The number of ether oxygens (including phenoxy) is 2. The Bertz CT molecular complexity index is 780. The summed E-state index contributed by atoms with van der Waals surface area (Å²) in [5.41, 5.74) is 0. The van der Waals surface area contributed by atoms with Gasteiger partial charge in [0.25, 0.3) is 11.9 Å². The van der Waals surface area contributed by atoms with Crippen LogP contribution >= 0.6 is 0 Å². The van der Waals surface area contributed by atoms with Crippen molar-refractivity contribution < 1.29 is 18.7 Å². The topological polar surface area (TPSA) is 115 Å². The molecule has 0 fully saturated rings. The van der Waals surface area contributed by atoms with Crippen molar-refractivity contribution in [1.29, 1.82) is 0 Å². The number of rotatable bonds is 4. The van der Waals surface area contributed by atoms with Crippen LogP contribution in [0.5, 0.6) is 11.7 Å². The number of hydrogen-bond acceptors (Lipinski definition) is 7. The summed E-state index contributed by atoms with van der Waals surface area (Å²) in [4.78, 5) is 12.2. The number of H-pyrrole nitrogens is 1. The average Bonchev–Trinajstić information content (AvgIpc) is 3.13. The molecule has 2 heterocycles. The van der Waals surface area contributed by atoms with Crippen molar-refractivity contribution in [2.75, 3.05) is 19.5 Å². The lowest BCUT2D eigenvalue weighted by molar-refractivity contribution is 0.0992. The van der Waals surface area contributed by atoms with E-state index in [1.807, 2.05) is 0 Å². The molecule has 0 aliphatic carbocycles. The van der Waals surface area contributed by atoms with E-state index in [9.17, 15) is 4.79 Å². The van der Waals surface area contributed by atoms with E-state index < -0.39 is 5.91 Å². The molecule has 21 heavy (non-hydrogen) atoms. The molecule has 2 aromatic heterocycles. The molecule has 0 saturated heterocycles. The fourth-order valence-electron chi connectivity index (χ4n) is 1.92. The lowest BCUT2D eigenvalue weighted by atomic mass is 10.1. The van der Waals surface area contributed by atoms with Gasteiger partial charge in [-0.15, -0.1) is 0 Å². The number of furan rings is 1. The zero-order valence-corrected chi connectivity index (χ0v) is 11.2. The Morgan fingerprint density at radius 1 is 1.29 bits per heavy atom. The fourth-order valence-corrected chi connectivity index (χ4v) is 1.92. The van der Waals surface area contributed by atoms with Gasteiger partial charge in [0, 0.05) is 5.39 Å². The van der Waals surface area contributed by atoms with Crippen molar-refractivity contribution in [3.63, 3.8) is 0 Å². The van der Waals surface area contributed by atoms with E-state index in [2.05, 4.69) is 25.9 Å². The van der Waals surface area contributed by atoms with Crippen LogP contribution in [0.3, 0.4) is 0 Å². The predicted molar refractivity (Wildman–Crippen MR) is 71.4 cm³/mol. The minimum absolute atomic E-state index is 0.0807. The standard InChI is InChI=1S/C12H11N5O4/c1-19-6-3-4-7-8(5-6)9(21-11(7)20-2)10(18)13-12-14-16-17-15-12/h3-5H,1-2H3,(H2,13,14,15,16,17,18). The highest BCUT2D eigenvalue weighted by Crippen LogP contribution is 2.34. The predicted octanol–water partition coefficient (Wildman–Crippen LogP) is 1.22. The third kappa shape index (κ3) is 2.24. The molecule has 1 aromatic carbocycles. The molecule has 0 aliphatic rings. The normalized spacial score (nSPS) is 10.6. The van der Waals surface area contributed by atoms with Gasteiger partial charge in [-0.25, -0.2) is 5.10 Å². The Morgan fingerprint density at radius 3 is 2.81 bits per heavy atom. The summed E-state index contributed by atoms with van der Waals surface area (Å²) in [5.74, 6) is 0.536. The van der Waals surface area contributed by atoms with Gasteiger partial charge in [-0.3, -0.25) is 10.1 Å². The summed E-state index contributed by atoms with van der Waals surface area (Å²) in [5, 5.41) is 16.5. The molecule has 0 aliphatic heterocycles. The quantitative estimate of drug-likeness (QED) is 0.741. The number of aromatic amines is 1. The van der Waals surface area contributed by atoms with Crippen molar-refractivity contribution in [2.45, 2.75) is 0 Å². The molecule has 0 bridgehead atoms. The maximum Gasteiger partial charge on any atom is 0.294 e. The molecule has 0 radical (unpaired) electrons. The Kier molecular flexibility index (Phi) is 3.14. The number of anilines is 1. The first-order valence-corrected chi connectivity index (χ1v) is 5.92. The molecular formula is C12H11N5O4. The highest BCUT2D eigenvalue weighted by molar-refractivity contribution is 6.11. The zero-order valence-electron chi connectivity index (χ0n) is 11.2. The number of benzene rings is 1. The van der Waals surface area contributed by atoms with Gasteiger partial charge in [0.2, 0.25) is 11.7 Å². The Hall–Kier alpha value is -3.10. The number of carbonyl (C=O) groups is 1. The largest absolute Gasteiger partial charge is 0.497 e. The molecule has 1 amide bonds. The number of aromatic nitrogens is 4. The van der Waals surface area contributed by atoms with Crippen LogP contribution < -0.4 is 14.8 Å². The number of tetrazole rings is 1. The van der Waals surface area contributed by atoms with Gasteiger partial charge in [0.15, 0.2) is 0 Å². The molecule has 0 atom stereocenters. The van der Waals surface area contributed by atoms with Gasteiger partial charge in [-0.05, 0) is 28.6 Å². The lowest BCUT2D eigenvalue weighted by Crippen LogP contribution is -2.12. The van der Waals surface area contributed by atoms with Crippen molar-refractivity contribution in [2.24, 2.45) is 0 Å². The zero-order chi connectivity index (χ0) is 14.8. The van der Waals surface area contributed by atoms with Crippen LogP contribution in [0, 0.1) is 0 Å². The van der Waals surface area contributed by atoms with E-state index in [0.29, 0.717) is 16.5 Å². The first-order chi connectivity index (χ1) is 10.2. The number of fused-ring (bicyclic) bond motifs is 1. The van der Waals surface area contributed by atoms with Crippen molar-refractivity contribution >= 4 is 22.6 Å². The Morgan fingerprint density at radius 2 is 2.14 bits per heavy atom. The first-order valence-electron chi connectivity index (χ1n) is 5.92. The highest BCUT2D eigenvalue weighted by atomic mass is 16.6. The third-order valence-electron chi connectivity index (χ3n) is 2.85. The van der Waals surface area contributed by atoms with Crippen LogP contribution in [0.25, 0.3) is 10.8 Å². The molecule has 3 rings (SSSR count). The summed E-state index contributed by atoms with van der Waals surface area (Å²) in [6.45, 7) is 0. The number of methoxy groups -OCH3 is 2. The molecule has 0 unspecified atom stereocenters. The molecule has 9 nitrogen and oxygen atoms in total. The second kappa shape index (κ2) is 5.12. The summed E-state index contributed by atoms with van der Waals surface area (Å²) in [7, 11) is 3.00. The number of nitrogens with one attached hydrogen (secondary N) is 2. The van der Waals surface area contributed by atoms with Gasteiger partial charge in [0.05, 0.1) is 19.6 Å². The minimum Gasteiger partial charge on any atom is -0.497 e. The smallest absolute Gasteiger partial charge is 0.294 e. The van der Waals surface area contributed by atoms with Crippen molar-refractivity contribution in [3.8, 4) is 11.7 Å². The van der Waals surface area contributed by atoms with Gasteiger partial charge < -0.3 is 13.9 Å². The van der Waals surface area contributed by atoms with E-state index in [1.54, 1.807) is 25.3 Å². The second-order valence-electron chi connectivity index (χ2n) is 4.04. The van der Waals surface area contributed by atoms with Gasteiger partial charge in [-0.2, -0.15) is 0 Å². The molecule has 108 valence electrons. The minimum atomic E-state index is -0.505. The van der Waals surface area contributed by atoms with Crippen LogP contribution in [-0.2, 0) is 0 Å². The maximum atomic E-state index is 12.2. The SMILES string of the molecule is COc1ccc2c(OC)oc(C(=O)Nc3nnn[nH]3)c2c1. The second-order valence-corrected chi connectivity index (χ2v) is 4.04. The van der Waals surface area contributed by atoms with Crippen LogP contribution in [0.15, 0.2) is 22.6 Å². The summed E-state index contributed by atoms with van der Waals surface area (Å²) in [6, 6.07) is 5.20. The number of amides is 1. The van der Waals surface area contributed by atoms with Gasteiger partial charge in [-0.1, -0.05) is 5.10 Å². The van der Waals surface area contributed by atoms with E-state index in [1.165, 1.54) is 7.11 Å². The molecule has 2 N–H and O–H groups in total. The van der Waals surface area contributed by atoms with Crippen LogP contribution in [0.1, 0.15) is 10.6 Å². The molecule has 9 heteroatoms. The Balaban J connectivity index is 2.06. The maximum absolute atomic E-state index is 12.2. The summed E-state index contributed by atoms with van der Waals surface area (Å²) in [6.07, 6.45) is 0. The monoisotopic (exact) mass is 289 g/mol. The van der Waals surface area contributed by atoms with Crippen LogP contribution in [-0.4, -0.2) is 40.8 Å². The number of nitrogens with zero attached hydrogens (tertiary/aromatic N) is 3. The lowest BCUT2D eigenvalue weighted by Gasteiger charge is -2.00. The fraction of sp³-hybridized carbons (Fsp3) is 0.167. The van der Waals surface area contributed by atoms with E-state index >= 15 is 0 Å². The van der Waals surface area contributed by atoms with Crippen LogP contribution in [0.4, 0.5) is 5.95 Å². The van der Waals surface area contributed by atoms with E-state index in [-0.39, 0.29) is 17.7 Å². The summed E-state index contributed by atoms with van der Waals surface area (Å²) >= 11 is 0.